The van der Waals surface area contributed by atoms with Gasteiger partial charge in [0.1, 0.15) is 5.69 Å². The molecule has 110 valence electrons. The van der Waals surface area contributed by atoms with Crippen LogP contribution in [0, 0.1) is 10.8 Å². The minimum atomic E-state index is -0.133. The van der Waals surface area contributed by atoms with E-state index in [2.05, 4.69) is 38.0 Å². The van der Waals surface area contributed by atoms with Gasteiger partial charge < -0.3 is 5.32 Å². The number of carbonyl (C=O) groups excluding carboxylic acids is 1. The van der Waals surface area contributed by atoms with Gasteiger partial charge in [-0.25, -0.2) is 0 Å². The minimum absolute atomic E-state index is 0.133. The predicted molar refractivity (Wildman–Crippen MR) is 81.9 cm³/mol. The van der Waals surface area contributed by atoms with Gasteiger partial charge in [0.2, 0.25) is 0 Å². The van der Waals surface area contributed by atoms with Crippen LogP contribution in [0.5, 0.6) is 0 Å². The van der Waals surface area contributed by atoms with E-state index < -0.39 is 0 Å². The Kier molecular flexibility index (Phi) is 4.10. The Labute approximate surface area is 126 Å². The van der Waals surface area contributed by atoms with E-state index in [1.165, 1.54) is 6.42 Å². The Morgan fingerprint density at radius 2 is 1.90 bits per heavy atom. The Balaban J connectivity index is 2.08. The molecule has 1 N–H and O–H groups in total. The molecule has 2 rings (SSSR count). The van der Waals surface area contributed by atoms with Crippen molar-refractivity contribution in [3.8, 4) is 0 Å². The Morgan fingerprint density at radius 3 is 2.45 bits per heavy atom. The van der Waals surface area contributed by atoms with Gasteiger partial charge >= 0.3 is 0 Å². The first kappa shape index (κ1) is 15.3. The quantitative estimate of drug-likeness (QED) is 0.893. The number of nitrogens with zero attached hydrogens (tertiary/aromatic N) is 1. The van der Waals surface area contributed by atoms with Crippen molar-refractivity contribution in [3.05, 3.63) is 29.0 Å². The normalized spacial score (nSPS) is 21.4. The molecule has 0 radical (unpaired) electrons. The molecular formula is C16H23ClN2O. The van der Waals surface area contributed by atoms with Gasteiger partial charge in [0, 0.05) is 17.3 Å². The number of amides is 1. The maximum absolute atomic E-state index is 12.3. The molecule has 1 heterocycles. The van der Waals surface area contributed by atoms with E-state index >= 15 is 0 Å². The highest BCUT2D eigenvalue weighted by molar-refractivity contribution is 6.30. The van der Waals surface area contributed by atoms with E-state index in [-0.39, 0.29) is 22.8 Å². The number of hydrogen-bond donors (Lipinski definition) is 1. The van der Waals surface area contributed by atoms with Crippen LogP contribution in [0.3, 0.4) is 0 Å². The van der Waals surface area contributed by atoms with Crippen molar-refractivity contribution in [3.63, 3.8) is 0 Å². The molecular weight excluding hydrogens is 272 g/mol. The smallest absolute Gasteiger partial charge is 0.270 e. The fraction of sp³-hybridized carbons (Fsp3) is 0.625. The number of nitrogens with one attached hydrogen (secondary N) is 1. The zero-order valence-electron chi connectivity index (χ0n) is 12.7. The average Bonchev–Trinajstić information content (AvgIpc) is 2.24. The third-order valence-electron chi connectivity index (χ3n) is 3.84. The van der Waals surface area contributed by atoms with Crippen molar-refractivity contribution < 1.29 is 4.79 Å². The van der Waals surface area contributed by atoms with Gasteiger partial charge in [-0.2, -0.15) is 0 Å². The monoisotopic (exact) mass is 294 g/mol. The summed E-state index contributed by atoms with van der Waals surface area (Å²) in [6, 6.07) is 3.48. The molecule has 0 bridgehead atoms. The lowest BCUT2D eigenvalue weighted by Crippen LogP contribution is -2.46. The summed E-state index contributed by atoms with van der Waals surface area (Å²) in [5.74, 6) is -0.133. The van der Waals surface area contributed by atoms with Crippen molar-refractivity contribution in [1.29, 1.82) is 0 Å². The second-order valence-electron chi connectivity index (χ2n) is 7.44. The summed E-state index contributed by atoms with van der Waals surface area (Å²) in [4.78, 5) is 16.3. The number of rotatable bonds is 2. The summed E-state index contributed by atoms with van der Waals surface area (Å²) >= 11 is 5.90. The molecule has 1 aliphatic carbocycles. The second kappa shape index (κ2) is 5.36. The molecule has 1 aromatic heterocycles. The van der Waals surface area contributed by atoms with E-state index in [1.807, 2.05) is 0 Å². The third kappa shape index (κ3) is 3.95. The SMILES string of the molecule is CC1(C)CC(NC(=O)c2cc(Cl)ccn2)CC(C)(C)C1. The van der Waals surface area contributed by atoms with Crippen LogP contribution in [0.15, 0.2) is 18.3 Å². The van der Waals surface area contributed by atoms with Gasteiger partial charge in [-0.15, -0.1) is 0 Å². The third-order valence-corrected chi connectivity index (χ3v) is 4.08. The molecule has 3 nitrogen and oxygen atoms in total. The maximum Gasteiger partial charge on any atom is 0.270 e. The second-order valence-corrected chi connectivity index (χ2v) is 7.88. The zero-order valence-corrected chi connectivity index (χ0v) is 13.4. The molecule has 4 heteroatoms. The summed E-state index contributed by atoms with van der Waals surface area (Å²) in [5, 5.41) is 3.65. The van der Waals surface area contributed by atoms with Crippen LogP contribution in [0.1, 0.15) is 57.4 Å². The highest BCUT2D eigenvalue weighted by Gasteiger charge is 2.39. The standard InChI is InChI=1S/C16H23ClN2O/c1-15(2)8-12(9-16(3,4)10-15)19-14(20)13-7-11(17)5-6-18-13/h5-7,12H,8-10H2,1-4H3,(H,19,20). The summed E-state index contributed by atoms with van der Waals surface area (Å²) in [5.41, 5.74) is 0.891. The van der Waals surface area contributed by atoms with Crippen LogP contribution in [-0.2, 0) is 0 Å². The molecule has 1 aromatic rings. The van der Waals surface area contributed by atoms with Crippen LogP contribution in [0.25, 0.3) is 0 Å². The van der Waals surface area contributed by atoms with Crippen molar-refractivity contribution in [2.75, 3.05) is 0 Å². The van der Waals surface area contributed by atoms with Crippen LogP contribution in [-0.4, -0.2) is 16.9 Å². The van der Waals surface area contributed by atoms with E-state index in [1.54, 1.807) is 18.3 Å². The first-order chi connectivity index (χ1) is 9.17. The van der Waals surface area contributed by atoms with Gasteiger partial charge in [-0.3, -0.25) is 9.78 Å². The van der Waals surface area contributed by atoms with Crippen molar-refractivity contribution in [1.82, 2.24) is 10.3 Å². The molecule has 0 aliphatic heterocycles. The number of aromatic nitrogens is 1. The minimum Gasteiger partial charge on any atom is -0.348 e. The molecule has 0 atom stereocenters. The van der Waals surface area contributed by atoms with E-state index in [0.29, 0.717) is 10.7 Å². The molecule has 0 spiro atoms. The van der Waals surface area contributed by atoms with Crippen molar-refractivity contribution in [2.45, 2.75) is 53.0 Å². The van der Waals surface area contributed by atoms with Crippen LogP contribution >= 0.6 is 11.6 Å². The Hall–Kier alpha value is -1.09. The summed E-state index contributed by atoms with van der Waals surface area (Å²) in [6.45, 7) is 9.07. The van der Waals surface area contributed by atoms with Crippen molar-refractivity contribution in [2.24, 2.45) is 10.8 Å². The predicted octanol–water partition coefficient (Wildman–Crippen LogP) is 4.07. The largest absolute Gasteiger partial charge is 0.348 e. The molecule has 0 saturated heterocycles. The molecule has 1 fully saturated rings. The lowest BCUT2D eigenvalue weighted by atomic mass is 9.63. The fourth-order valence-corrected chi connectivity index (χ4v) is 3.90. The first-order valence-electron chi connectivity index (χ1n) is 7.09. The van der Waals surface area contributed by atoms with Gasteiger partial charge in [0.15, 0.2) is 0 Å². The summed E-state index contributed by atoms with van der Waals surface area (Å²) in [6.07, 6.45) is 4.75. The fourth-order valence-electron chi connectivity index (χ4n) is 3.74. The molecule has 1 saturated carbocycles. The van der Waals surface area contributed by atoms with Gasteiger partial charge in [0.05, 0.1) is 0 Å². The van der Waals surface area contributed by atoms with Crippen LogP contribution < -0.4 is 5.32 Å². The lowest BCUT2D eigenvalue weighted by molar-refractivity contribution is 0.0710. The number of hydrogen-bond acceptors (Lipinski definition) is 2. The lowest BCUT2D eigenvalue weighted by Gasteiger charge is -2.45. The topological polar surface area (TPSA) is 42.0 Å². The molecule has 0 aromatic carbocycles. The van der Waals surface area contributed by atoms with Gasteiger partial charge in [-0.1, -0.05) is 39.3 Å². The molecule has 0 unspecified atom stereocenters. The van der Waals surface area contributed by atoms with Gasteiger partial charge in [0.25, 0.3) is 5.91 Å². The molecule has 1 aliphatic rings. The van der Waals surface area contributed by atoms with E-state index in [9.17, 15) is 4.79 Å². The number of carbonyl (C=O) groups is 1. The van der Waals surface area contributed by atoms with Crippen molar-refractivity contribution >= 4 is 17.5 Å². The van der Waals surface area contributed by atoms with Crippen LogP contribution in [0.4, 0.5) is 0 Å². The zero-order chi connectivity index (χ0) is 15.0. The first-order valence-corrected chi connectivity index (χ1v) is 7.47. The highest BCUT2D eigenvalue weighted by Crippen LogP contribution is 2.45. The number of halogens is 1. The van der Waals surface area contributed by atoms with E-state index in [4.69, 9.17) is 11.6 Å². The van der Waals surface area contributed by atoms with Crippen LogP contribution in [0.2, 0.25) is 5.02 Å². The summed E-state index contributed by atoms with van der Waals surface area (Å²) in [7, 11) is 0. The maximum atomic E-state index is 12.3. The molecule has 1 amide bonds. The van der Waals surface area contributed by atoms with Gasteiger partial charge in [-0.05, 0) is 42.2 Å². The Bertz CT molecular complexity index is 495. The van der Waals surface area contributed by atoms with E-state index in [0.717, 1.165) is 12.8 Å². The average molecular weight is 295 g/mol. The Morgan fingerprint density at radius 1 is 1.30 bits per heavy atom. The molecule has 20 heavy (non-hydrogen) atoms. The highest BCUT2D eigenvalue weighted by atomic mass is 35.5. The summed E-state index contributed by atoms with van der Waals surface area (Å²) < 4.78 is 0. The number of pyridine rings is 1.